The van der Waals surface area contributed by atoms with Crippen molar-refractivity contribution in [3.8, 4) is 0 Å². The zero-order valence-electron chi connectivity index (χ0n) is 8.08. The second-order valence-corrected chi connectivity index (χ2v) is 2.97. The summed E-state index contributed by atoms with van der Waals surface area (Å²) in [5.41, 5.74) is 0.730. The molecule has 0 spiro atoms. The average molecular weight is 191 g/mol. The minimum Gasteiger partial charge on any atom is -0.481 e. The molecule has 74 valence electrons. The zero-order chi connectivity index (χ0) is 10.6. The third kappa shape index (κ3) is 2.36. The van der Waals surface area contributed by atoms with E-state index in [1.807, 2.05) is 25.2 Å². The van der Waals surface area contributed by atoms with Gasteiger partial charge < -0.3 is 10.1 Å². The van der Waals surface area contributed by atoms with Gasteiger partial charge >= 0.3 is 5.97 Å². The second-order valence-electron chi connectivity index (χ2n) is 2.97. The highest BCUT2D eigenvalue weighted by Crippen LogP contribution is 1.87. The predicted octanol–water partition coefficient (Wildman–Crippen LogP) is 0.409. The lowest BCUT2D eigenvalue weighted by Crippen LogP contribution is -2.24. The number of hydrogen-bond acceptors (Lipinski definition) is 1. The van der Waals surface area contributed by atoms with Gasteiger partial charge in [-0.15, -0.1) is 0 Å². The molecule has 1 aromatic rings. The molecule has 1 rings (SSSR count). The topological polar surface area (TPSA) is 53.1 Å². The summed E-state index contributed by atoms with van der Waals surface area (Å²) in [7, 11) is 0. The van der Waals surface area contributed by atoms with E-state index < -0.39 is 5.97 Å². The molecule has 0 saturated heterocycles. The monoisotopic (exact) mass is 191 g/mol. The van der Waals surface area contributed by atoms with Crippen LogP contribution in [0.3, 0.4) is 0 Å². The Balaban J connectivity index is 3.09. The van der Waals surface area contributed by atoms with Crippen molar-refractivity contribution in [1.82, 2.24) is 4.98 Å². The van der Waals surface area contributed by atoms with Gasteiger partial charge in [-0.2, -0.15) is 0 Å². The zero-order valence-corrected chi connectivity index (χ0v) is 8.08. The van der Waals surface area contributed by atoms with E-state index in [9.17, 15) is 4.79 Å². The standard InChI is InChI=1S/C11H13NO2/c1-3-4-5-10-8(2)9(7-12-10)6-11(13)14/h3-5,7,12H,2,6H2,1H3,(H,13,14)/b4-3-,10-5+. The molecule has 0 atom stereocenters. The molecule has 0 saturated carbocycles. The summed E-state index contributed by atoms with van der Waals surface area (Å²) in [5, 5.41) is 10.2. The van der Waals surface area contributed by atoms with Crippen molar-refractivity contribution >= 4 is 18.6 Å². The normalized spacial score (nSPS) is 12.5. The minimum atomic E-state index is -0.841. The van der Waals surface area contributed by atoms with Gasteiger partial charge in [-0.1, -0.05) is 18.7 Å². The van der Waals surface area contributed by atoms with Crippen LogP contribution in [0.4, 0.5) is 0 Å². The summed E-state index contributed by atoms with van der Waals surface area (Å²) < 4.78 is 0. The van der Waals surface area contributed by atoms with E-state index in [4.69, 9.17) is 5.11 Å². The van der Waals surface area contributed by atoms with Gasteiger partial charge in [-0.3, -0.25) is 4.79 Å². The number of H-pyrrole nitrogens is 1. The molecule has 2 N–H and O–H groups in total. The maximum Gasteiger partial charge on any atom is 0.307 e. The van der Waals surface area contributed by atoms with Crippen LogP contribution in [0.15, 0.2) is 18.3 Å². The van der Waals surface area contributed by atoms with Crippen LogP contribution < -0.4 is 10.6 Å². The van der Waals surface area contributed by atoms with Gasteiger partial charge in [0.05, 0.1) is 6.42 Å². The molecule has 0 radical (unpaired) electrons. The Morgan fingerprint density at radius 1 is 1.71 bits per heavy atom. The van der Waals surface area contributed by atoms with Crippen LogP contribution in [0.5, 0.6) is 0 Å². The first-order valence-corrected chi connectivity index (χ1v) is 4.35. The van der Waals surface area contributed by atoms with Gasteiger partial charge in [0, 0.05) is 11.5 Å². The molecule has 3 heteroatoms. The number of carbonyl (C=O) groups is 1. The van der Waals surface area contributed by atoms with Crippen molar-refractivity contribution in [1.29, 1.82) is 0 Å². The first-order chi connectivity index (χ1) is 6.65. The molecule has 1 heterocycles. The molecule has 0 fully saturated rings. The van der Waals surface area contributed by atoms with Crippen LogP contribution in [0.25, 0.3) is 12.7 Å². The number of carboxylic acids is 1. The summed E-state index contributed by atoms with van der Waals surface area (Å²) in [6.07, 6.45) is 7.35. The lowest BCUT2D eigenvalue weighted by molar-refractivity contribution is -0.136. The average Bonchev–Trinajstić information content (AvgIpc) is 2.45. The number of allylic oxidation sites excluding steroid dienone is 2. The molecule has 0 bridgehead atoms. The van der Waals surface area contributed by atoms with Crippen molar-refractivity contribution in [3.63, 3.8) is 0 Å². The SMILES string of the molecule is C=c1c(CC(=O)O)c[nH]/c1=C/C=C\C. The molecular formula is C11H13NO2. The molecule has 0 aliphatic heterocycles. The molecule has 3 nitrogen and oxygen atoms in total. The fraction of sp³-hybridized carbons (Fsp3) is 0.182. The highest BCUT2D eigenvalue weighted by Gasteiger charge is 2.02. The molecule has 1 aromatic heterocycles. The van der Waals surface area contributed by atoms with Gasteiger partial charge in [0.25, 0.3) is 0 Å². The summed E-state index contributed by atoms with van der Waals surface area (Å²) in [4.78, 5) is 13.5. The summed E-state index contributed by atoms with van der Waals surface area (Å²) >= 11 is 0. The lowest BCUT2D eigenvalue weighted by Gasteiger charge is -1.87. The fourth-order valence-corrected chi connectivity index (χ4v) is 1.17. The minimum absolute atomic E-state index is 0.0129. The van der Waals surface area contributed by atoms with Gasteiger partial charge in [0.15, 0.2) is 0 Å². The number of rotatable bonds is 3. The Hall–Kier alpha value is -1.77. The van der Waals surface area contributed by atoms with E-state index in [1.165, 1.54) is 0 Å². The van der Waals surface area contributed by atoms with Crippen molar-refractivity contribution in [3.05, 3.63) is 34.5 Å². The summed E-state index contributed by atoms with van der Waals surface area (Å²) in [6.45, 7) is 5.74. The molecule has 0 aromatic carbocycles. The Morgan fingerprint density at radius 3 is 3.00 bits per heavy atom. The van der Waals surface area contributed by atoms with E-state index in [2.05, 4.69) is 11.6 Å². The molecule has 14 heavy (non-hydrogen) atoms. The predicted molar refractivity (Wildman–Crippen MR) is 56.2 cm³/mol. The van der Waals surface area contributed by atoms with Crippen molar-refractivity contribution < 1.29 is 9.90 Å². The highest BCUT2D eigenvalue weighted by atomic mass is 16.4. The van der Waals surface area contributed by atoms with Crippen LogP contribution in [0, 0.1) is 0 Å². The van der Waals surface area contributed by atoms with E-state index in [0.717, 1.165) is 16.1 Å². The van der Waals surface area contributed by atoms with Gasteiger partial charge in [-0.05, 0) is 23.8 Å². The van der Waals surface area contributed by atoms with Gasteiger partial charge in [-0.25, -0.2) is 0 Å². The van der Waals surface area contributed by atoms with Crippen LogP contribution >= 0.6 is 0 Å². The first-order valence-electron chi connectivity index (χ1n) is 4.35. The third-order valence-electron chi connectivity index (χ3n) is 1.91. The van der Waals surface area contributed by atoms with Crippen LogP contribution in [-0.2, 0) is 11.2 Å². The number of aliphatic carboxylic acids is 1. The first kappa shape index (κ1) is 10.3. The Labute approximate surface area is 82.1 Å². The number of aromatic amines is 1. The number of hydrogen-bond donors (Lipinski definition) is 2. The summed E-state index contributed by atoms with van der Waals surface area (Å²) in [6, 6.07) is 0. The quantitative estimate of drug-likeness (QED) is 0.727. The fourth-order valence-electron chi connectivity index (χ4n) is 1.17. The van der Waals surface area contributed by atoms with Crippen LogP contribution in [0.1, 0.15) is 12.5 Å². The molecule has 0 aliphatic rings. The maximum atomic E-state index is 10.5. The summed E-state index contributed by atoms with van der Waals surface area (Å²) in [5.74, 6) is -0.841. The molecular weight excluding hydrogens is 178 g/mol. The largest absolute Gasteiger partial charge is 0.481 e. The number of nitrogens with one attached hydrogen (secondary N) is 1. The van der Waals surface area contributed by atoms with Gasteiger partial charge in [0.2, 0.25) is 0 Å². The van der Waals surface area contributed by atoms with Crippen molar-refractivity contribution in [2.45, 2.75) is 13.3 Å². The van der Waals surface area contributed by atoms with Crippen molar-refractivity contribution in [2.75, 3.05) is 0 Å². The number of aromatic nitrogens is 1. The van der Waals surface area contributed by atoms with E-state index in [1.54, 1.807) is 6.20 Å². The second kappa shape index (κ2) is 4.46. The Bertz CT molecular complexity index is 454. The van der Waals surface area contributed by atoms with Gasteiger partial charge in [0.1, 0.15) is 0 Å². The van der Waals surface area contributed by atoms with Crippen LogP contribution in [-0.4, -0.2) is 16.1 Å². The third-order valence-corrected chi connectivity index (χ3v) is 1.91. The van der Waals surface area contributed by atoms with E-state index in [-0.39, 0.29) is 6.42 Å². The molecule has 0 amide bonds. The van der Waals surface area contributed by atoms with E-state index in [0.29, 0.717) is 0 Å². The highest BCUT2D eigenvalue weighted by molar-refractivity contribution is 5.70. The van der Waals surface area contributed by atoms with E-state index >= 15 is 0 Å². The molecule has 0 unspecified atom stereocenters. The Kier molecular flexibility index (Phi) is 3.29. The van der Waals surface area contributed by atoms with Crippen LogP contribution in [0.2, 0.25) is 0 Å². The maximum absolute atomic E-state index is 10.5. The number of carboxylic acid groups (broad SMARTS) is 1. The smallest absolute Gasteiger partial charge is 0.307 e. The molecule has 0 aliphatic carbocycles. The lowest BCUT2D eigenvalue weighted by atomic mass is 10.2. The Morgan fingerprint density at radius 2 is 2.43 bits per heavy atom. The van der Waals surface area contributed by atoms with Crippen molar-refractivity contribution in [2.24, 2.45) is 0 Å².